The van der Waals surface area contributed by atoms with Crippen LogP contribution in [-0.2, 0) is 11.2 Å². The number of para-hydroxylation sites is 1. The van der Waals surface area contributed by atoms with Gasteiger partial charge in [0.1, 0.15) is 11.6 Å². The van der Waals surface area contributed by atoms with E-state index in [9.17, 15) is 4.79 Å². The van der Waals surface area contributed by atoms with E-state index in [0.29, 0.717) is 6.54 Å². The van der Waals surface area contributed by atoms with Crippen LogP contribution in [-0.4, -0.2) is 37.4 Å². The van der Waals surface area contributed by atoms with Crippen LogP contribution in [0.5, 0.6) is 5.75 Å². The molecule has 0 atom stereocenters. The van der Waals surface area contributed by atoms with E-state index in [0.717, 1.165) is 17.7 Å². The molecule has 0 saturated heterocycles. The molecule has 88 valence electrons. The molecular formula is C12H16ClNO2. The molecule has 0 fully saturated rings. The molecule has 0 N–H and O–H groups in total. The number of nitrogens with zero attached hydrogens (tertiary/aromatic N) is 1. The Kier molecular flexibility index (Phi) is 5.12. The van der Waals surface area contributed by atoms with E-state index >= 15 is 0 Å². The molecule has 16 heavy (non-hydrogen) atoms. The third-order valence-electron chi connectivity index (χ3n) is 2.45. The van der Waals surface area contributed by atoms with E-state index in [-0.39, 0.29) is 11.8 Å². The average molecular weight is 242 g/mol. The summed E-state index contributed by atoms with van der Waals surface area (Å²) in [5.41, 5.74) is 1.10. The Bertz CT molecular complexity index is 355. The zero-order valence-corrected chi connectivity index (χ0v) is 10.3. The van der Waals surface area contributed by atoms with Crippen molar-refractivity contribution < 1.29 is 9.53 Å². The maximum absolute atomic E-state index is 11.3. The number of carbonyl (C=O) groups is 1. The summed E-state index contributed by atoms with van der Waals surface area (Å²) in [4.78, 5) is 12.9. The van der Waals surface area contributed by atoms with Gasteiger partial charge in [-0.1, -0.05) is 18.2 Å². The largest absolute Gasteiger partial charge is 0.496 e. The quantitative estimate of drug-likeness (QED) is 0.738. The SMILES string of the molecule is COc1ccccc1CCN(C)C(=O)CCl. The third-order valence-corrected chi connectivity index (χ3v) is 2.68. The number of hydrogen-bond donors (Lipinski definition) is 0. The average Bonchev–Trinajstić information content (AvgIpc) is 2.35. The van der Waals surface area contributed by atoms with Crippen LogP contribution in [0.1, 0.15) is 5.56 Å². The molecule has 0 aliphatic carbocycles. The van der Waals surface area contributed by atoms with E-state index in [2.05, 4.69) is 0 Å². The van der Waals surface area contributed by atoms with Crippen molar-refractivity contribution in [1.29, 1.82) is 0 Å². The lowest BCUT2D eigenvalue weighted by Crippen LogP contribution is -2.29. The van der Waals surface area contributed by atoms with Gasteiger partial charge in [-0.3, -0.25) is 4.79 Å². The molecule has 1 aromatic carbocycles. The fourth-order valence-electron chi connectivity index (χ4n) is 1.42. The van der Waals surface area contributed by atoms with Gasteiger partial charge < -0.3 is 9.64 Å². The molecule has 0 saturated carbocycles. The number of carbonyl (C=O) groups excluding carboxylic acids is 1. The summed E-state index contributed by atoms with van der Waals surface area (Å²) in [6.07, 6.45) is 0.767. The summed E-state index contributed by atoms with van der Waals surface area (Å²) in [7, 11) is 3.40. The Morgan fingerprint density at radius 2 is 2.12 bits per heavy atom. The highest BCUT2D eigenvalue weighted by molar-refractivity contribution is 6.27. The van der Waals surface area contributed by atoms with Gasteiger partial charge in [0.15, 0.2) is 0 Å². The van der Waals surface area contributed by atoms with E-state index in [4.69, 9.17) is 16.3 Å². The van der Waals surface area contributed by atoms with Gasteiger partial charge in [0.05, 0.1) is 7.11 Å². The van der Waals surface area contributed by atoms with Gasteiger partial charge in [0.2, 0.25) is 5.91 Å². The molecule has 0 spiro atoms. The molecule has 1 rings (SSSR count). The van der Waals surface area contributed by atoms with Crippen LogP contribution in [0.3, 0.4) is 0 Å². The van der Waals surface area contributed by atoms with Gasteiger partial charge in [0, 0.05) is 13.6 Å². The Labute approximate surface area is 101 Å². The summed E-state index contributed by atoms with van der Waals surface area (Å²) in [6, 6.07) is 7.80. The monoisotopic (exact) mass is 241 g/mol. The molecule has 0 aliphatic heterocycles. The van der Waals surface area contributed by atoms with Crippen molar-refractivity contribution in [2.24, 2.45) is 0 Å². The number of amides is 1. The van der Waals surface area contributed by atoms with Crippen LogP contribution in [0.4, 0.5) is 0 Å². The minimum absolute atomic E-state index is 0.0302. The van der Waals surface area contributed by atoms with Crippen molar-refractivity contribution in [3.8, 4) is 5.75 Å². The zero-order valence-electron chi connectivity index (χ0n) is 9.57. The topological polar surface area (TPSA) is 29.5 Å². The molecule has 4 heteroatoms. The molecule has 0 unspecified atom stereocenters. The van der Waals surface area contributed by atoms with E-state index in [1.54, 1.807) is 19.1 Å². The van der Waals surface area contributed by atoms with Crippen molar-refractivity contribution in [2.75, 3.05) is 26.6 Å². The van der Waals surface area contributed by atoms with Crippen molar-refractivity contribution in [3.63, 3.8) is 0 Å². The number of halogens is 1. The first-order valence-corrected chi connectivity index (χ1v) is 5.64. The van der Waals surface area contributed by atoms with Crippen molar-refractivity contribution in [3.05, 3.63) is 29.8 Å². The smallest absolute Gasteiger partial charge is 0.237 e. The molecule has 3 nitrogen and oxygen atoms in total. The molecular weight excluding hydrogens is 226 g/mol. The fraction of sp³-hybridized carbons (Fsp3) is 0.417. The number of likely N-dealkylation sites (N-methyl/N-ethyl adjacent to an activating group) is 1. The van der Waals surface area contributed by atoms with Crippen LogP contribution in [0, 0.1) is 0 Å². The molecule has 0 bridgehead atoms. The lowest BCUT2D eigenvalue weighted by Gasteiger charge is -2.16. The summed E-state index contributed by atoms with van der Waals surface area (Å²) < 4.78 is 5.23. The van der Waals surface area contributed by atoms with Crippen LogP contribution < -0.4 is 4.74 Å². The summed E-state index contributed by atoms with van der Waals surface area (Å²) in [5.74, 6) is 0.827. The standard InChI is InChI=1S/C12H16ClNO2/c1-14(12(15)9-13)8-7-10-5-3-4-6-11(10)16-2/h3-6H,7-9H2,1-2H3. The molecule has 0 radical (unpaired) electrons. The zero-order chi connectivity index (χ0) is 12.0. The first kappa shape index (κ1) is 12.8. The van der Waals surface area contributed by atoms with Crippen LogP contribution in [0.15, 0.2) is 24.3 Å². The predicted octanol–water partition coefficient (Wildman–Crippen LogP) is 1.93. The lowest BCUT2D eigenvalue weighted by atomic mass is 10.1. The van der Waals surface area contributed by atoms with Gasteiger partial charge in [-0.15, -0.1) is 11.6 Å². The Morgan fingerprint density at radius 1 is 1.44 bits per heavy atom. The highest BCUT2D eigenvalue weighted by atomic mass is 35.5. The summed E-state index contributed by atoms with van der Waals surface area (Å²) in [5, 5.41) is 0. The summed E-state index contributed by atoms with van der Waals surface area (Å²) in [6.45, 7) is 0.645. The van der Waals surface area contributed by atoms with Gasteiger partial charge >= 0.3 is 0 Å². The normalized spacial score (nSPS) is 9.94. The number of ether oxygens (including phenoxy) is 1. The number of rotatable bonds is 5. The summed E-state index contributed by atoms with van der Waals surface area (Å²) >= 11 is 5.47. The predicted molar refractivity (Wildman–Crippen MR) is 65.1 cm³/mol. The highest BCUT2D eigenvalue weighted by Gasteiger charge is 2.08. The maximum Gasteiger partial charge on any atom is 0.237 e. The number of hydrogen-bond acceptors (Lipinski definition) is 2. The van der Waals surface area contributed by atoms with Gasteiger partial charge in [-0.2, -0.15) is 0 Å². The second kappa shape index (κ2) is 6.38. The van der Waals surface area contributed by atoms with E-state index in [1.165, 1.54) is 0 Å². The van der Waals surface area contributed by atoms with Crippen molar-refractivity contribution in [2.45, 2.75) is 6.42 Å². The van der Waals surface area contributed by atoms with Crippen LogP contribution >= 0.6 is 11.6 Å². The first-order valence-electron chi connectivity index (χ1n) is 5.11. The molecule has 0 aliphatic rings. The molecule has 1 amide bonds. The van der Waals surface area contributed by atoms with Crippen molar-refractivity contribution >= 4 is 17.5 Å². The highest BCUT2D eigenvalue weighted by Crippen LogP contribution is 2.17. The van der Waals surface area contributed by atoms with Crippen molar-refractivity contribution in [1.82, 2.24) is 4.90 Å². The number of benzene rings is 1. The second-order valence-electron chi connectivity index (χ2n) is 3.51. The van der Waals surface area contributed by atoms with Crippen LogP contribution in [0.25, 0.3) is 0 Å². The van der Waals surface area contributed by atoms with Crippen LogP contribution in [0.2, 0.25) is 0 Å². The van der Waals surface area contributed by atoms with E-state index in [1.807, 2.05) is 24.3 Å². The van der Waals surface area contributed by atoms with Gasteiger partial charge in [0.25, 0.3) is 0 Å². The molecule has 0 aromatic heterocycles. The molecule has 0 heterocycles. The first-order chi connectivity index (χ1) is 7.69. The Balaban J connectivity index is 2.57. The van der Waals surface area contributed by atoms with E-state index < -0.39 is 0 Å². The fourth-order valence-corrected chi connectivity index (χ4v) is 1.63. The second-order valence-corrected chi connectivity index (χ2v) is 3.78. The Hall–Kier alpha value is -1.22. The Morgan fingerprint density at radius 3 is 2.75 bits per heavy atom. The minimum Gasteiger partial charge on any atom is -0.496 e. The minimum atomic E-state index is -0.0587. The molecule has 1 aromatic rings. The van der Waals surface area contributed by atoms with Gasteiger partial charge in [-0.05, 0) is 18.1 Å². The van der Waals surface area contributed by atoms with Gasteiger partial charge in [-0.25, -0.2) is 0 Å². The maximum atomic E-state index is 11.3. The lowest BCUT2D eigenvalue weighted by molar-refractivity contribution is -0.127. The third kappa shape index (κ3) is 3.42. The number of alkyl halides is 1. The number of methoxy groups -OCH3 is 1.